The maximum atomic E-state index is 10.8. The van der Waals surface area contributed by atoms with Crippen molar-refractivity contribution in [2.45, 2.75) is 43.9 Å². The van der Waals surface area contributed by atoms with Crippen LogP contribution in [0.15, 0.2) is 97.1 Å². The minimum Gasteiger partial charge on any atom is -0.395 e. The summed E-state index contributed by atoms with van der Waals surface area (Å²) in [6.07, 6.45) is 2.57. The van der Waals surface area contributed by atoms with Crippen LogP contribution in [-0.4, -0.2) is 23.4 Å². The average molecular weight is 463 g/mol. The van der Waals surface area contributed by atoms with E-state index in [4.69, 9.17) is 0 Å². The lowest BCUT2D eigenvalue weighted by molar-refractivity contribution is 0.191. The molecule has 0 heterocycles. The minimum atomic E-state index is -0.401. The summed E-state index contributed by atoms with van der Waals surface area (Å²) in [4.78, 5) is 0. The molecule has 0 spiro atoms. The van der Waals surface area contributed by atoms with Gasteiger partial charge in [-0.05, 0) is 57.3 Å². The zero-order valence-electron chi connectivity index (χ0n) is 20.7. The third-order valence-electron chi connectivity index (χ3n) is 8.10. The Hall–Kier alpha value is -3.20. The predicted molar refractivity (Wildman–Crippen MR) is 145 cm³/mol. The molecule has 2 aliphatic carbocycles. The second-order valence-electron chi connectivity index (χ2n) is 9.52. The fraction of sp³-hybridized carbons (Fsp3) is 0.273. The highest BCUT2D eigenvalue weighted by molar-refractivity contribution is 5.82. The Morgan fingerprint density at radius 1 is 0.457 bits per heavy atom. The molecule has 0 unspecified atom stereocenters. The number of rotatable bonds is 6. The van der Waals surface area contributed by atoms with E-state index < -0.39 is 10.8 Å². The number of aliphatic hydroxyl groups is 2. The van der Waals surface area contributed by atoms with Crippen LogP contribution in [0.5, 0.6) is 0 Å². The summed E-state index contributed by atoms with van der Waals surface area (Å²) in [6, 6.07) is 34.0. The van der Waals surface area contributed by atoms with Crippen molar-refractivity contribution in [3.8, 4) is 22.3 Å². The number of aliphatic hydroxyl groups excluding tert-OH is 2. The van der Waals surface area contributed by atoms with Gasteiger partial charge in [0.15, 0.2) is 0 Å². The number of hydrogen-bond donors (Lipinski definition) is 2. The fourth-order valence-electron chi connectivity index (χ4n) is 6.56. The molecule has 0 amide bonds. The van der Waals surface area contributed by atoms with Crippen LogP contribution in [0.3, 0.4) is 0 Å². The van der Waals surface area contributed by atoms with E-state index in [9.17, 15) is 10.2 Å². The van der Waals surface area contributed by atoms with Crippen molar-refractivity contribution in [3.05, 3.63) is 119 Å². The molecule has 0 fully saturated rings. The van der Waals surface area contributed by atoms with Crippen molar-refractivity contribution in [2.24, 2.45) is 0 Å². The van der Waals surface area contributed by atoms with Gasteiger partial charge < -0.3 is 10.2 Å². The molecule has 2 nitrogen and oxygen atoms in total. The molecule has 0 aromatic heterocycles. The standard InChI is InChI=1S/C31H28O2.C2H6/c32-20-30(26-14-5-1-10-22(26)23-11-2-6-15-27(23)30)18-9-19-31(21-33)28-16-7-3-12-24(28)25-13-4-8-17-29(25)31;1-2/h1-8,10-17,32-33H,9,18-21H2;1-2H3. The fourth-order valence-corrected chi connectivity index (χ4v) is 6.56. The molecule has 35 heavy (non-hydrogen) atoms. The molecule has 4 aromatic rings. The van der Waals surface area contributed by atoms with E-state index in [-0.39, 0.29) is 13.2 Å². The van der Waals surface area contributed by atoms with Gasteiger partial charge in [-0.1, -0.05) is 117 Å². The first kappa shape index (κ1) is 23.5. The first-order chi connectivity index (χ1) is 17.2. The summed E-state index contributed by atoms with van der Waals surface area (Å²) in [6.45, 7) is 4.17. The molecule has 0 saturated heterocycles. The molecule has 0 saturated carbocycles. The topological polar surface area (TPSA) is 40.5 Å². The normalized spacial score (nSPS) is 15.3. The van der Waals surface area contributed by atoms with E-state index in [2.05, 4.69) is 97.1 Å². The third kappa shape index (κ3) is 3.39. The lowest BCUT2D eigenvalue weighted by Crippen LogP contribution is -2.33. The number of hydrogen-bond acceptors (Lipinski definition) is 2. The highest BCUT2D eigenvalue weighted by Gasteiger charge is 2.45. The second kappa shape index (κ2) is 9.45. The lowest BCUT2D eigenvalue weighted by atomic mass is 9.70. The zero-order valence-corrected chi connectivity index (χ0v) is 20.7. The van der Waals surface area contributed by atoms with Gasteiger partial charge in [0.25, 0.3) is 0 Å². The third-order valence-corrected chi connectivity index (χ3v) is 8.10. The van der Waals surface area contributed by atoms with Gasteiger partial charge in [-0.2, -0.15) is 0 Å². The highest BCUT2D eigenvalue weighted by Crippen LogP contribution is 2.54. The van der Waals surface area contributed by atoms with Crippen molar-refractivity contribution in [1.82, 2.24) is 0 Å². The molecule has 2 aliphatic rings. The van der Waals surface area contributed by atoms with E-state index >= 15 is 0 Å². The van der Waals surface area contributed by atoms with Crippen molar-refractivity contribution in [2.75, 3.05) is 13.2 Å². The Kier molecular flexibility index (Phi) is 6.35. The molecule has 2 N–H and O–H groups in total. The largest absolute Gasteiger partial charge is 0.395 e. The van der Waals surface area contributed by atoms with E-state index in [0.717, 1.165) is 19.3 Å². The van der Waals surface area contributed by atoms with Crippen molar-refractivity contribution >= 4 is 0 Å². The summed E-state index contributed by atoms with van der Waals surface area (Å²) in [5.74, 6) is 0. The molecule has 0 atom stereocenters. The van der Waals surface area contributed by atoms with E-state index in [1.165, 1.54) is 44.5 Å². The molecule has 0 bridgehead atoms. The number of benzene rings is 4. The second-order valence-corrected chi connectivity index (χ2v) is 9.52. The molecule has 4 aromatic carbocycles. The Labute approximate surface area is 208 Å². The minimum absolute atomic E-state index is 0.0837. The highest BCUT2D eigenvalue weighted by atomic mass is 16.3. The van der Waals surface area contributed by atoms with Gasteiger partial charge >= 0.3 is 0 Å². The van der Waals surface area contributed by atoms with Crippen LogP contribution in [-0.2, 0) is 10.8 Å². The lowest BCUT2D eigenvalue weighted by Gasteiger charge is -2.34. The number of fused-ring (bicyclic) bond motifs is 6. The summed E-state index contributed by atoms with van der Waals surface area (Å²) in [7, 11) is 0. The van der Waals surface area contributed by atoms with Gasteiger partial charge in [-0.25, -0.2) is 0 Å². The average Bonchev–Trinajstić information content (AvgIpc) is 3.39. The van der Waals surface area contributed by atoms with Gasteiger partial charge in [0.1, 0.15) is 0 Å². The molecule has 2 heteroatoms. The molecule has 178 valence electrons. The van der Waals surface area contributed by atoms with E-state index in [1.54, 1.807) is 0 Å². The first-order valence-electron chi connectivity index (χ1n) is 12.9. The SMILES string of the molecule is CC.OCC1(CCCC2(CO)c3ccccc3-c3ccccc32)c2ccccc2-c2ccccc21. The Bertz CT molecular complexity index is 1140. The monoisotopic (exact) mass is 462 g/mol. The Balaban J connectivity index is 0.00000124. The summed E-state index contributed by atoms with van der Waals surface area (Å²) >= 11 is 0. The van der Waals surface area contributed by atoms with Crippen molar-refractivity contribution in [3.63, 3.8) is 0 Å². The molecule has 0 aliphatic heterocycles. The Morgan fingerprint density at radius 3 is 0.971 bits per heavy atom. The summed E-state index contributed by atoms with van der Waals surface area (Å²) < 4.78 is 0. The summed E-state index contributed by atoms with van der Waals surface area (Å²) in [5, 5.41) is 21.6. The van der Waals surface area contributed by atoms with Crippen LogP contribution in [0.25, 0.3) is 22.3 Å². The van der Waals surface area contributed by atoms with Crippen molar-refractivity contribution < 1.29 is 10.2 Å². The van der Waals surface area contributed by atoms with Crippen LogP contribution in [0.1, 0.15) is 55.4 Å². The molecular formula is C33H34O2. The van der Waals surface area contributed by atoms with Crippen LogP contribution in [0, 0.1) is 0 Å². The zero-order chi connectivity index (χ0) is 24.5. The van der Waals surface area contributed by atoms with Gasteiger partial charge in [0.05, 0.1) is 13.2 Å². The van der Waals surface area contributed by atoms with Gasteiger partial charge in [0, 0.05) is 10.8 Å². The first-order valence-corrected chi connectivity index (χ1v) is 12.9. The van der Waals surface area contributed by atoms with Gasteiger partial charge in [-0.3, -0.25) is 0 Å². The predicted octanol–water partition coefficient (Wildman–Crippen LogP) is 7.10. The molecular weight excluding hydrogens is 428 g/mol. The van der Waals surface area contributed by atoms with Crippen LogP contribution in [0.4, 0.5) is 0 Å². The summed E-state index contributed by atoms with van der Waals surface area (Å²) in [5.41, 5.74) is 9.01. The van der Waals surface area contributed by atoms with Crippen molar-refractivity contribution in [1.29, 1.82) is 0 Å². The smallest absolute Gasteiger partial charge is 0.0569 e. The quantitative estimate of drug-likeness (QED) is 0.321. The van der Waals surface area contributed by atoms with E-state index in [1.807, 2.05) is 13.8 Å². The maximum Gasteiger partial charge on any atom is 0.0569 e. The van der Waals surface area contributed by atoms with Crippen LogP contribution in [0.2, 0.25) is 0 Å². The van der Waals surface area contributed by atoms with Crippen LogP contribution < -0.4 is 0 Å². The van der Waals surface area contributed by atoms with Gasteiger partial charge in [-0.15, -0.1) is 0 Å². The maximum absolute atomic E-state index is 10.8. The van der Waals surface area contributed by atoms with Gasteiger partial charge in [0.2, 0.25) is 0 Å². The molecule has 0 radical (unpaired) electrons. The van der Waals surface area contributed by atoms with E-state index in [0.29, 0.717) is 0 Å². The molecule has 6 rings (SSSR count). The van der Waals surface area contributed by atoms with Crippen LogP contribution >= 0.6 is 0 Å². The Morgan fingerprint density at radius 2 is 0.714 bits per heavy atom.